The standard InChI is InChI=1S/C4H2O3.C4H6O2.C3H5NO.C3H4O2.Na/c5-3-1-2-4(6)7-3;1-3-6-4(2)5;2*1-2-3(4)5;/h1-2H;3H,1H2,2H3;2H,1H2,(H2,4,5);2H,1H2,(H,4,5);/q;;;;+1/p-1. The van der Waals surface area contributed by atoms with Gasteiger partial charge in [-0.1, -0.05) is 19.7 Å². The molecule has 0 atom stereocenters. The van der Waals surface area contributed by atoms with Crippen LogP contribution in [0.4, 0.5) is 0 Å². The Morgan fingerprint density at radius 1 is 1.12 bits per heavy atom. The SMILES string of the molecule is C=CC(=O)[O-].C=CC(N)=O.C=COC(C)=O.O=C1C=CC(=O)O1.[Na+]. The molecule has 0 aromatic carbocycles. The molecule has 0 saturated heterocycles. The fourth-order valence-corrected chi connectivity index (χ4v) is 0.421. The maximum absolute atomic E-state index is 9.92. The van der Waals surface area contributed by atoms with E-state index in [1.54, 1.807) is 0 Å². The third kappa shape index (κ3) is 36.6. The van der Waals surface area contributed by atoms with E-state index < -0.39 is 23.8 Å². The molecule has 0 saturated carbocycles. The molecule has 0 fully saturated rings. The molecule has 0 aromatic rings. The Hall–Kier alpha value is -2.49. The quantitative estimate of drug-likeness (QED) is 0.177. The van der Waals surface area contributed by atoms with Crippen molar-refractivity contribution in [3.05, 3.63) is 50.3 Å². The van der Waals surface area contributed by atoms with Crippen LogP contribution >= 0.6 is 0 Å². The molecule has 126 valence electrons. The number of carboxylic acids is 1. The first-order valence-electron chi connectivity index (χ1n) is 5.57. The summed E-state index contributed by atoms with van der Waals surface area (Å²) in [5, 5.41) is 9.14. The van der Waals surface area contributed by atoms with E-state index in [-0.39, 0.29) is 35.5 Å². The molecule has 1 aliphatic heterocycles. The Morgan fingerprint density at radius 3 is 1.50 bits per heavy atom. The second-order valence-corrected chi connectivity index (χ2v) is 2.98. The van der Waals surface area contributed by atoms with E-state index in [1.807, 2.05) is 0 Å². The summed E-state index contributed by atoms with van der Waals surface area (Å²) in [5.74, 6) is -3.20. The van der Waals surface area contributed by atoms with Crippen molar-refractivity contribution in [3.8, 4) is 0 Å². The van der Waals surface area contributed by atoms with Gasteiger partial charge in [0.1, 0.15) is 0 Å². The monoisotopic (exact) mass is 349 g/mol. The van der Waals surface area contributed by atoms with Gasteiger partial charge in [0.05, 0.1) is 12.2 Å². The van der Waals surface area contributed by atoms with Crippen LogP contribution in [0, 0.1) is 0 Å². The number of aliphatic carboxylic acids is 1. The second kappa shape index (κ2) is 20.5. The number of carboxylic acid groups (broad SMARTS) is 1. The maximum atomic E-state index is 9.92. The summed E-state index contributed by atoms with van der Waals surface area (Å²) in [7, 11) is 0. The van der Waals surface area contributed by atoms with Crippen molar-refractivity contribution >= 4 is 29.8 Å². The average Bonchev–Trinajstić information content (AvgIpc) is 2.84. The number of rotatable bonds is 3. The van der Waals surface area contributed by atoms with E-state index >= 15 is 0 Å². The van der Waals surface area contributed by atoms with Crippen LogP contribution in [-0.2, 0) is 33.4 Å². The number of ether oxygens (including phenoxy) is 2. The summed E-state index contributed by atoms with van der Waals surface area (Å²) < 4.78 is 8.14. The first kappa shape index (κ1) is 29.5. The van der Waals surface area contributed by atoms with Crippen molar-refractivity contribution in [2.75, 3.05) is 0 Å². The van der Waals surface area contributed by atoms with Crippen molar-refractivity contribution < 1.29 is 68.1 Å². The van der Waals surface area contributed by atoms with Crippen LogP contribution in [0.3, 0.4) is 0 Å². The molecule has 9 nitrogen and oxygen atoms in total. The maximum Gasteiger partial charge on any atom is 1.00 e. The van der Waals surface area contributed by atoms with Gasteiger partial charge in [-0.05, 0) is 12.2 Å². The van der Waals surface area contributed by atoms with Gasteiger partial charge in [0.25, 0.3) is 0 Å². The van der Waals surface area contributed by atoms with Gasteiger partial charge < -0.3 is 25.1 Å². The van der Waals surface area contributed by atoms with Crippen LogP contribution in [0.5, 0.6) is 0 Å². The smallest absolute Gasteiger partial charge is 0.545 e. The van der Waals surface area contributed by atoms with Gasteiger partial charge in [0.15, 0.2) is 0 Å². The van der Waals surface area contributed by atoms with Crippen LogP contribution in [0.25, 0.3) is 0 Å². The summed E-state index contributed by atoms with van der Waals surface area (Å²) in [4.78, 5) is 48.2. The normalized spacial score (nSPS) is 9.54. The van der Waals surface area contributed by atoms with Crippen molar-refractivity contribution in [3.63, 3.8) is 0 Å². The first-order valence-corrected chi connectivity index (χ1v) is 5.57. The molecule has 10 heteroatoms. The van der Waals surface area contributed by atoms with Crippen molar-refractivity contribution in [1.82, 2.24) is 0 Å². The molecule has 24 heavy (non-hydrogen) atoms. The van der Waals surface area contributed by atoms with E-state index in [4.69, 9.17) is 9.90 Å². The van der Waals surface area contributed by atoms with Crippen LogP contribution < -0.4 is 40.4 Å². The van der Waals surface area contributed by atoms with Crippen molar-refractivity contribution in [1.29, 1.82) is 0 Å². The number of esters is 3. The van der Waals surface area contributed by atoms with Crippen molar-refractivity contribution in [2.45, 2.75) is 6.92 Å². The molecular formula is C14H16NNaO8. The predicted molar refractivity (Wildman–Crippen MR) is 76.8 cm³/mol. The van der Waals surface area contributed by atoms with Gasteiger partial charge in [-0.25, -0.2) is 9.59 Å². The van der Waals surface area contributed by atoms with Crippen LogP contribution in [0.1, 0.15) is 6.92 Å². The minimum Gasteiger partial charge on any atom is -0.545 e. The molecule has 0 bridgehead atoms. The second-order valence-electron chi connectivity index (χ2n) is 2.98. The molecule has 1 aliphatic rings. The number of primary amides is 1. The number of nitrogens with two attached hydrogens (primary N) is 1. The number of carbonyl (C=O) groups excluding carboxylic acids is 5. The number of amides is 1. The topological polar surface area (TPSA) is 153 Å². The third-order valence-electron chi connectivity index (χ3n) is 1.17. The number of hydrogen-bond acceptors (Lipinski definition) is 8. The summed E-state index contributed by atoms with van der Waals surface area (Å²) >= 11 is 0. The number of hydrogen-bond donors (Lipinski definition) is 1. The minimum absolute atomic E-state index is 0. The average molecular weight is 349 g/mol. The van der Waals surface area contributed by atoms with E-state index in [0.29, 0.717) is 0 Å². The van der Waals surface area contributed by atoms with Gasteiger partial charge in [-0.3, -0.25) is 9.59 Å². The van der Waals surface area contributed by atoms with Crippen LogP contribution in [0.2, 0.25) is 0 Å². The predicted octanol–water partition coefficient (Wildman–Crippen LogP) is -4.10. The summed E-state index contributed by atoms with van der Waals surface area (Å²) in [6, 6.07) is 0. The zero-order valence-corrected chi connectivity index (χ0v) is 15.4. The third-order valence-corrected chi connectivity index (χ3v) is 1.17. The first-order chi connectivity index (χ1) is 10.6. The Balaban J connectivity index is -0.000000111. The molecule has 0 aromatic heterocycles. The zero-order chi connectivity index (χ0) is 18.8. The van der Waals surface area contributed by atoms with Gasteiger partial charge in [0, 0.05) is 19.1 Å². The molecule has 1 amide bonds. The van der Waals surface area contributed by atoms with Gasteiger partial charge >= 0.3 is 47.5 Å². The Morgan fingerprint density at radius 2 is 1.46 bits per heavy atom. The molecule has 0 aliphatic carbocycles. The number of cyclic esters (lactones) is 2. The molecule has 0 unspecified atom stereocenters. The van der Waals surface area contributed by atoms with E-state index in [9.17, 15) is 19.2 Å². The summed E-state index contributed by atoms with van der Waals surface area (Å²) in [5.41, 5.74) is 4.53. The van der Waals surface area contributed by atoms with Crippen molar-refractivity contribution in [2.24, 2.45) is 5.73 Å². The van der Waals surface area contributed by atoms with Gasteiger partial charge in [0.2, 0.25) is 5.91 Å². The Bertz CT molecular complexity index is 477. The molecule has 2 N–H and O–H groups in total. The van der Waals surface area contributed by atoms with Gasteiger partial charge in [-0.15, -0.1) is 0 Å². The van der Waals surface area contributed by atoms with E-state index in [0.717, 1.165) is 30.6 Å². The largest absolute Gasteiger partial charge is 1.00 e. The van der Waals surface area contributed by atoms with E-state index in [1.165, 1.54) is 6.92 Å². The molecular weight excluding hydrogens is 333 g/mol. The molecule has 0 radical (unpaired) electrons. The van der Waals surface area contributed by atoms with E-state index in [2.05, 4.69) is 34.9 Å². The summed E-state index contributed by atoms with van der Waals surface area (Å²) in [6.45, 7) is 10.5. The fourth-order valence-electron chi connectivity index (χ4n) is 0.421. The Kier molecular flexibility index (Phi) is 25.2. The molecule has 1 heterocycles. The fraction of sp³-hybridized carbons (Fsp3) is 0.0714. The molecule has 1 rings (SSSR count). The molecule has 0 spiro atoms. The van der Waals surface area contributed by atoms with Gasteiger partial charge in [-0.2, -0.15) is 0 Å². The summed E-state index contributed by atoms with van der Waals surface area (Å²) in [6.07, 6.45) is 5.05. The zero-order valence-electron chi connectivity index (χ0n) is 13.4. The number of carbonyl (C=O) groups is 5. The van der Waals surface area contributed by atoms with Crippen LogP contribution in [0.15, 0.2) is 50.3 Å². The minimum atomic E-state index is -1.23. The Labute approximate surface area is 160 Å². The van der Waals surface area contributed by atoms with Crippen LogP contribution in [-0.4, -0.2) is 29.8 Å².